The molecule has 0 spiro atoms. The maximum atomic E-state index is 11.8. The van der Waals surface area contributed by atoms with Crippen LogP contribution < -0.4 is 0 Å². The molecule has 68 valence electrons. The molecule has 0 fully saturated rings. The normalized spacial score (nSPS) is 14.8. The molecule has 1 heterocycles. The fourth-order valence-corrected chi connectivity index (χ4v) is 0.601. The van der Waals surface area contributed by atoms with E-state index in [1.165, 1.54) is 6.92 Å². The summed E-state index contributed by atoms with van der Waals surface area (Å²) in [4.78, 5) is 3.05. The second-order valence-electron chi connectivity index (χ2n) is 2.07. The minimum atomic E-state index is -4.58. The first-order valence-electron chi connectivity index (χ1n) is 2.96. The maximum absolute atomic E-state index is 11.8. The number of halogens is 4. The molecular formula is C5H4ClF3N2O. The Morgan fingerprint density at radius 3 is 2.33 bits per heavy atom. The van der Waals surface area contributed by atoms with E-state index in [1.54, 1.807) is 0 Å². The number of alkyl halides is 4. The van der Waals surface area contributed by atoms with Crippen molar-refractivity contribution in [1.29, 1.82) is 0 Å². The molecule has 1 aromatic heterocycles. The number of aromatic nitrogens is 2. The van der Waals surface area contributed by atoms with Crippen molar-refractivity contribution in [2.75, 3.05) is 0 Å². The summed E-state index contributed by atoms with van der Waals surface area (Å²) in [6, 6.07) is 0. The first-order chi connectivity index (χ1) is 5.41. The van der Waals surface area contributed by atoms with Crippen molar-refractivity contribution >= 4 is 11.6 Å². The monoisotopic (exact) mass is 200 g/mol. The molecule has 12 heavy (non-hydrogen) atoms. The van der Waals surface area contributed by atoms with E-state index in [4.69, 9.17) is 11.6 Å². The number of hydrogen-bond acceptors (Lipinski definition) is 3. The first kappa shape index (κ1) is 9.31. The molecule has 0 aliphatic carbocycles. The minimum absolute atomic E-state index is 0.232. The third kappa shape index (κ3) is 1.88. The number of rotatable bonds is 1. The molecule has 0 aliphatic heterocycles. The fraction of sp³-hybridized carbons (Fsp3) is 0.600. The van der Waals surface area contributed by atoms with Crippen LogP contribution in [0.1, 0.15) is 24.0 Å². The summed E-state index contributed by atoms with van der Waals surface area (Å²) in [6.45, 7) is 1.44. The minimum Gasteiger partial charge on any atom is -0.337 e. The summed E-state index contributed by atoms with van der Waals surface area (Å²) in [5, 5.41) is 2.00. The van der Waals surface area contributed by atoms with Crippen LogP contribution in [0, 0.1) is 0 Å². The second kappa shape index (κ2) is 2.93. The molecule has 1 rings (SSSR count). The van der Waals surface area contributed by atoms with Crippen LogP contribution in [-0.4, -0.2) is 10.1 Å². The summed E-state index contributed by atoms with van der Waals surface area (Å²) in [5.74, 6) is -1.53. The van der Waals surface area contributed by atoms with Crippen molar-refractivity contribution < 1.29 is 17.7 Å². The predicted octanol–water partition coefficient (Wildman–Crippen LogP) is 2.39. The van der Waals surface area contributed by atoms with Crippen molar-refractivity contribution in [3.63, 3.8) is 0 Å². The Morgan fingerprint density at radius 2 is 2.08 bits per heavy atom. The lowest BCUT2D eigenvalue weighted by molar-refractivity contribution is -0.146. The van der Waals surface area contributed by atoms with Gasteiger partial charge in [0.05, 0.1) is 0 Å². The van der Waals surface area contributed by atoms with Gasteiger partial charge in [0.25, 0.3) is 5.82 Å². The molecule has 0 saturated carbocycles. The Labute approximate surface area is 70.5 Å². The van der Waals surface area contributed by atoms with Crippen molar-refractivity contribution in [3.05, 3.63) is 11.7 Å². The molecule has 0 aliphatic rings. The summed E-state index contributed by atoms with van der Waals surface area (Å²) >= 11 is 5.40. The SMILES string of the molecule is CC(Cl)c1nc(C(F)(F)F)no1. The quantitative estimate of drug-likeness (QED) is 0.654. The lowest BCUT2D eigenvalue weighted by atomic mass is 10.5. The predicted molar refractivity (Wildman–Crippen MR) is 33.6 cm³/mol. The van der Waals surface area contributed by atoms with Crippen LogP contribution in [0.4, 0.5) is 13.2 Å². The van der Waals surface area contributed by atoms with Crippen molar-refractivity contribution in [3.8, 4) is 0 Å². The Bertz CT molecular complexity index is 270. The molecule has 0 N–H and O–H groups in total. The summed E-state index contributed by atoms with van der Waals surface area (Å²) < 4.78 is 39.7. The van der Waals surface area contributed by atoms with Crippen LogP contribution in [0.15, 0.2) is 4.52 Å². The molecule has 7 heteroatoms. The largest absolute Gasteiger partial charge is 0.455 e. The molecule has 1 aromatic rings. The zero-order valence-electron chi connectivity index (χ0n) is 5.89. The smallest absolute Gasteiger partial charge is 0.337 e. The molecule has 0 amide bonds. The highest BCUT2D eigenvalue weighted by Crippen LogP contribution is 2.28. The molecule has 3 nitrogen and oxygen atoms in total. The van der Waals surface area contributed by atoms with Crippen LogP contribution in [0.25, 0.3) is 0 Å². The molecule has 0 bridgehead atoms. The first-order valence-corrected chi connectivity index (χ1v) is 3.40. The van der Waals surface area contributed by atoms with E-state index in [0.717, 1.165) is 0 Å². The molecule has 1 unspecified atom stereocenters. The van der Waals surface area contributed by atoms with E-state index in [9.17, 15) is 13.2 Å². The van der Waals surface area contributed by atoms with E-state index in [2.05, 4.69) is 14.7 Å². The third-order valence-electron chi connectivity index (χ3n) is 1.04. The van der Waals surface area contributed by atoms with E-state index in [0.29, 0.717) is 0 Å². The van der Waals surface area contributed by atoms with E-state index in [1.807, 2.05) is 0 Å². The van der Waals surface area contributed by atoms with Gasteiger partial charge in [0.2, 0.25) is 5.89 Å². The van der Waals surface area contributed by atoms with Crippen molar-refractivity contribution in [2.24, 2.45) is 0 Å². The molecule has 1 atom stereocenters. The van der Waals surface area contributed by atoms with Gasteiger partial charge in [-0.15, -0.1) is 11.6 Å². The van der Waals surface area contributed by atoms with Gasteiger partial charge in [-0.2, -0.15) is 18.2 Å². The Balaban J connectivity index is 2.92. The number of hydrogen-bond donors (Lipinski definition) is 0. The second-order valence-corrected chi connectivity index (χ2v) is 2.72. The van der Waals surface area contributed by atoms with E-state index < -0.39 is 17.4 Å². The Morgan fingerprint density at radius 1 is 1.50 bits per heavy atom. The highest BCUT2D eigenvalue weighted by atomic mass is 35.5. The van der Waals surface area contributed by atoms with Crippen LogP contribution >= 0.6 is 11.6 Å². The van der Waals surface area contributed by atoms with Gasteiger partial charge in [-0.1, -0.05) is 5.16 Å². The number of nitrogens with zero attached hydrogens (tertiary/aromatic N) is 2. The zero-order valence-corrected chi connectivity index (χ0v) is 6.65. The van der Waals surface area contributed by atoms with Gasteiger partial charge < -0.3 is 4.52 Å². The molecular weight excluding hydrogens is 197 g/mol. The van der Waals surface area contributed by atoms with Gasteiger partial charge in [0.15, 0.2) is 0 Å². The lowest BCUT2D eigenvalue weighted by Crippen LogP contribution is -2.07. The van der Waals surface area contributed by atoms with Gasteiger partial charge >= 0.3 is 6.18 Å². The average molecular weight is 201 g/mol. The fourth-order valence-electron chi connectivity index (χ4n) is 0.512. The topological polar surface area (TPSA) is 38.9 Å². The van der Waals surface area contributed by atoms with Crippen LogP contribution in [0.5, 0.6) is 0 Å². The standard InChI is InChI=1S/C5H4ClF3N2O/c1-2(6)3-10-4(11-12-3)5(7,8)9/h2H,1H3. The summed E-state index contributed by atoms with van der Waals surface area (Å²) in [5.41, 5.74) is 0. The van der Waals surface area contributed by atoms with E-state index in [-0.39, 0.29) is 5.89 Å². The highest BCUT2D eigenvalue weighted by molar-refractivity contribution is 6.20. The summed E-state index contributed by atoms with van der Waals surface area (Å²) in [6.07, 6.45) is -4.58. The molecule has 0 aromatic carbocycles. The van der Waals surface area contributed by atoms with Gasteiger partial charge in [0, 0.05) is 0 Å². The molecule has 0 radical (unpaired) electrons. The maximum Gasteiger partial charge on any atom is 0.455 e. The van der Waals surface area contributed by atoms with Crippen molar-refractivity contribution in [2.45, 2.75) is 18.5 Å². The van der Waals surface area contributed by atoms with Gasteiger partial charge in [-0.3, -0.25) is 0 Å². The lowest BCUT2D eigenvalue weighted by Gasteiger charge is -1.96. The van der Waals surface area contributed by atoms with Gasteiger partial charge in [-0.25, -0.2) is 0 Å². The van der Waals surface area contributed by atoms with Crippen LogP contribution in [0.2, 0.25) is 0 Å². The van der Waals surface area contributed by atoms with Crippen molar-refractivity contribution in [1.82, 2.24) is 10.1 Å². The summed E-state index contributed by atoms with van der Waals surface area (Å²) in [7, 11) is 0. The average Bonchev–Trinajstić information content (AvgIpc) is 2.30. The molecule has 0 saturated heterocycles. The third-order valence-corrected chi connectivity index (χ3v) is 1.22. The van der Waals surface area contributed by atoms with Gasteiger partial charge in [0.1, 0.15) is 5.38 Å². The van der Waals surface area contributed by atoms with Gasteiger partial charge in [-0.05, 0) is 6.92 Å². The van der Waals surface area contributed by atoms with Crippen LogP contribution in [-0.2, 0) is 6.18 Å². The van der Waals surface area contributed by atoms with Crippen LogP contribution in [0.3, 0.4) is 0 Å². The zero-order chi connectivity index (χ0) is 9.35. The Hall–Kier alpha value is -0.780. The Kier molecular flexibility index (Phi) is 2.27. The van der Waals surface area contributed by atoms with E-state index >= 15 is 0 Å². The highest BCUT2D eigenvalue weighted by Gasteiger charge is 2.37.